The minimum Gasteiger partial charge on any atom is -0.503 e. The molecule has 1 atom stereocenters. The van der Waals surface area contributed by atoms with Gasteiger partial charge in [0.15, 0.2) is 34.4 Å². The number of para-hydroxylation sites is 1. The molecule has 3 heterocycles. The number of nitrogens with zero attached hydrogens (tertiary/aromatic N) is 2. The van der Waals surface area contributed by atoms with Crippen molar-refractivity contribution in [3.63, 3.8) is 0 Å². The van der Waals surface area contributed by atoms with Crippen LogP contribution in [0.1, 0.15) is 28.6 Å². The minimum atomic E-state index is -0.860. The highest BCUT2D eigenvalue weighted by atomic mass is 16.5. The van der Waals surface area contributed by atoms with Gasteiger partial charge in [0.05, 0.1) is 39.5 Å². The second kappa shape index (κ2) is 10.3. The number of nitrogens with one attached hydrogen (secondary N) is 1. The molecule has 0 fully saturated rings. The molecular formula is C28H28N3O7+. The molecule has 2 N–H and O–H groups in total. The second-order valence-electron chi connectivity index (χ2n) is 8.80. The Morgan fingerprint density at radius 3 is 2.58 bits per heavy atom. The van der Waals surface area contributed by atoms with Crippen LogP contribution in [0.2, 0.25) is 0 Å². The van der Waals surface area contributed by atoms with Crippen molar-refractivity contribution < 1.29 is 37.9 Å². The number of H-pyrrole nitrogens is 1. The van der Waals surface area contributed by atoms with Crippen LogP contribution in [0.4, 0.5) is 0 Å². The Bertz CT molecular complexity index is 1520. The molecule has 10 nitrogen and oxygen atoms in total. The minimum absolute atomic E-state index is 0.00550. The number of benzene rings is 2. The highest BCUT2D eigenvalue weighted by molar-refractivity contribution is 6.16. The maximum Gasteiger partial charge on any atom is 0.290 e. The van der Waals surface area contributed by atoms with E-state index in [4.69, 9.17) is 18.6 Å². The summed E-state index contributed by atoms with van der Waals surface area (Å²) >= 11 is 0. The largest absolute Gasteiger partial charge is 0.503 e. The lowest BCUT2D eigenvalue weighted by atomic mass is 9.94. The Kier molecular flexibility index (Phi) is 6.78. The number of aromatic amines is 1. The van der Waals surface area contributed by atoms with Crippen LogP contribution in [0, 0.1) is 0 Å². The lowest BCUT2D eigenvalue weighted by Gasteiger charge is -2.27. The van der Waals surface area contributed by atoms with E-state index in [-0.39, 0.29) is 11.3 Å². The summed E-state index contributed by atoms with van der Waals surface area (Å²) in [7, 11) is 4.55. The third-order valence-electron chi connectivity index (χ3n) is 6.64. The van der Waals surface area contributed by atoms with Crippen LogP contribution >= 0.6 is 0 Å². The number of amides is 1. The van der Waals surface area contributed by atoms with Crippen LogP contribution in [-0.4, -0.2) is 54.6 Å². The van der Waals surface area contributed by atoms with Crippen LogP contribution in [0.3, 0.4) is 0 Å². The molecule has 5 rings (SSSR count). The van der Waals surface area contributed by atoms with Crippen molar-refractivity contribution in [2.45, 2.75) is 19.0 Å². The number of rotatable bonds is 10. The normalized spacial score (nSPS) is 15.4. The van der Waals surface area contributed by atoms with E-state index in [1.54, 1.807) is 48.7 Å². The van der Waals surface area contributed by atoms with Gasteiger partial charge in [-0.3, -0.25) is 14.6 Å². The van der Waals surface area contributed by atoms with Crippen molar-refractivity contribution in [2.75, 3.05) is 27.9 Å². The van der Waals surface area contributed by atoms with Gasteiger partial charge in [-0.2, -0.15) is 0 Å². The first kappa shape index (κ1) is 24.9. The van der Waals surface area contributed by atoms with Gasteiger partial charge in [-0.25, -0.2) is 4.57 Å². The molecule has 1 amide bonds. The van der Waals surface area contributed by atoms with Gasteiger partial charge in [0, 0.05) is 18.4 Å². The number of carbonyl (C=O) groups is 2. The maximum absolute atomic E-state index is 13.8. The second-order valence-corrected chi connectivity index (χ2v) is 8.80. The van der Waals surface area contributed by atoms with Crippen LogP contribution in [0.15, 0.2) is 76.9 Å². The summed E-state index contributed by atoms with van der Waals surface area (Å²) in [5.74, 6) is -0.404. The zero-order valence-corrected chi connectivity index (χ0v) is 21.3. The number of Topliss-reactive ketones (excluding diaryl/α,β-unsaturated/α-hetero) is 1. The predicted octanol–water partition coefficient (Wildman–Crippen LogP) is 3.74. The van der Waals surface area contributed by atoms with Crippen molar-refractivity contribution in [3.8, 4) is 17.2 Å². The average Bonchev–Trinajstić information content (AvgIpc) is 3.67. The van der Waals surface area contributed by atoms with Gasteiger partial charge >= 0.3 is 0 Å². The smallest absolute Gasteiger partial charge is 0.290 e. The topological polar surface area (TPSA) is 118 Å². The Hall–Kier alpha value is -4.73. The highest BCUT2D eigenvalue weighted by Crippen LogP contribution is 2.42. The zero-order chi connectivity index (χ0) is 26.8. The Morgan fingerprint density at radius 2 is 1.87 bits per heavy atom. The predicted molar refractivity (Wildman–Crippen MR) is 136 cm³/mol. The third kappa shape index (κ3) is 4.34. The van der Waals surface area contributed by atoms with E-state index in [1.807, 2.05) is 17.1 Å². The number of fused-ring (bicyclic) bond motifs is 1. The molecule has 0 saturated heterocycles. The fourth-order valence-corrected chi connectivity index (χ4v) is 4.81. The van der Waals surface area contributed by atoms with Crippen molar-refractivity contribution in [3.05, 3.63) is 83.8 Å². The standard InChI is InChI=1S/C28H27N3O7/c1-35-19-9-8-17(14-21(19)37-3)24-23(25(32)22-15-18-6-4-7-20(36-2)27(18)38-22)26(33)28(34)31(24)12-5-11-30-13-10-29-16-30/h4,6-10,13-16,24H,5,11-12H2,1-3H3,(H,32,33)/p+1. The lowest BCUT2D eigenvalue weighted by Crippen LogP contribution is -2.36. The molecular weight excluding hydrogens is 490 g/mol. The van der Waals surface area contributed by atoms with Gasteiger partial charge in [0.2, 0.25) is 12.1 Å². The summed E-state index contributed by atoms with van der Waals surface area (Å²) in [5.41, 5.74) is 0.937. The number of hydrogen-bond acceptors (Lipinski definition) is 7. The Balaban J connectivity index is 1.55. The fraction of sp³-hybridized carbons (Fsp3) is 0.250. The van der Waals surface area contributed by atoms with Gasteiger partial charge in [-0.05, 0) is 29.8 Å². The van der Waals surface area contributed by atoms with E-state index in [2.05, 4.69) is 4.98 Å². The van der Waals surface area contributed by atoms with E-state index in [9.17, 15) is 14.7 Å². The first-order valence-corrected chi connectivity index (χ1v) is 12.1. The lowest BCUT2D eigenvalue weighted by molar-refractivity contribution is -0.695. The summed E-state index contributed by atoms with van der Waals surface area (Å²) < 4.78 is 24.0. The molecule has 1 aliphatic rings. The summed E-state index contributed by atoms with van der Waals surface area (Å²) in [4.78, 5) is 31.7. The molecule has 0 aliphatic carbocycles. The van der Waals surface area contributed by atoms with Crippen LogP contribution in [0.25, 0.3) is 11.0 Å². The number of aliphatic hydroxyl groups is 1. The molecule has 196 valence electrons. The van der Waals surface area contributed by atoms with Crippen LogP contribution in [0.5, 0.6) is 17.2 Å². The van der Waals surface area contributed by atoms with E-state index in [0.717, 1.165) is 0 Å². The number of hydrogen-bond donors (Lipinski definition) is 2. The van der Waals surface area contributed by atoms with Gasteiger partial charge < -0.3 is 28.6 Å². The SMILES string of the molecule is COc1ccc(C2C(C(=O)c3cc4cccc(OC)c4o3)=C(O)C(=O)N2CCC[n+]2cc[nH]c2)cc1OC. The number of aliphatic hydroxyl groups excluding tert-OH is 1. The first-order valence-electron chi connectivity index (χ1n) is 12.1. The molecule has 2 aromatic heterocycles. The number of carbonyl (C=O) groups excluding carboxylic acids is 2. The third-order valence-corrected chi connectivity index (χ3v) is 6.64. The van der Waals surface area contributed by atoms with Gasteiger partial charge in [0.1, 0.15) is 12.4 Å². The van der Waals surface area contributed by atoms with Crippen LogP contribution in [-0.2, 0) is 11.3 Å². The van der Waals surface area contributed by atoms with Crippen molar-refractivity contribution in [2.24, 2.45) is 0 Å². The van der Waals surface area contributed by atoms with E-state index in [1.165, 1.54) is 26.2 Å². The average molecular weight is 519 g/mol. The number of ketones is 1. The summed E-state index contributed by atoms with van der Waals surface area (Å²) in [6.07, 6.45) is 6.10. The zero-order valence-electron chi connectivity index (χ0n) is 21.3. The molecule has 1 aliphatic heterocycles. The molecule has 0 spiro atoms. The Morgan fingerprint density at radius 1 is 1.08 bits per heavy atom. The number of furan rings is 1. The summed E-state index contributed by atoms with van der Waals surface area (Å²) in [6.45, 7) is 0.935. The molecule has 10 heteroatoms. The Labute approximate surface area is 218 Å². The summed E-state index contributed by atoms with van der Waals surface area (Å²) in [5, 5.41) is 11.7. The van der Waals surface area contributed by atoms with E-state index < -0.39 is 23.5 Å². The molecule has 4 aromatic rings. The summed E-state index contributed by atoms with van der Waals surface area (Å²) in [6, 6.07) is 11.2. The molecule has 1 unspecified atom stereocenters. The number of aromatic nitrogens is 2. The fourth-order valence-electron chi connectivity index (χ4n) is 4.81. The van der Waals surface area contributed by atoms with Crippen molar-refractivity contribution in [1.29, 1.82) is 0 Å². The molecule has 0 saturated carbocycles. The van der Waals surface area contributed by atoms with Gasteiger partial charge in [-0.15, -0.1) is 0 Å². The van der Waals surface area contributed by atoms with Crippen LogP contribution < -0.4 is 18.8 Å². The van der Waals surface area contributed by atoms with Gasteiger partial charge in [0.25, 0.3) is 5.91 Å². The number of imidazole rings is 1. The van der Waals surface area contributed by atoms with Gasteiger partial charge in [-0.1, -0.05) is 18.2 Å². The number of ether oxygens (including phenoxy) is 3. The first-order chi connectivity index (χ1) is 18.5. The van der Waals surface area contributed by atoms with Crippen molar-refractivity contribution in [1.82, 2.24) is 9.88 Å². The monoisotopic (exact) mass is 518 g/mol. The quantitative estimate of drug-likeness (QED) is 0.243. The molecule has 2 aromatic carbocycles. The number of aryl methyl sites for hydroxylation is 1. The number of methoxy groups -OCH3 is 3. The molecule has 0 radical (unpaired) electrons. The van der Waals surface area contributed by atoms with Crippen molar-refractivity contribution >= 4 is 22.7 Å². The van der Waals surface area contributed by atoms with E-state index in [0.29, 0.717) is 53.3 Å². The molecule has 0 bridgehead atoms. The highest BCUT2D eigenvalue weighted by Gasteiger charge is 2.44. The maximum atomic E-state index is 13.8. The molecule has 38 heavy (non-hydrogen) atoms. The van der Waals surface area contributed by atoms with E-state index >= 15 is 0 Å².